The highest BCUT2D eigenvalue weighted by atomic mass is 35.5. The van der Waals surface area contributed by atoms with E-state index in [9.17, 15) is 9.18 Å². The van der Waals surface area contributed by atoms with Crippen LogP contribution in [0, 0.1) is 5.82 Å². The summed E-state index contributed by atoms with van der Waals surface area (Å²) in [5.74, 6) is -0.549. The SMILES string of the molecule is CC(=O)c1cccc(F)c1Sc1cccc(Cl)c1. The van der Waals surface area contributed by atoms with Crippen LogP contribution in [0.15, 0.2) is 52.3 Å². The van der Waals surface area contributed by atoms with Gasteiger partial charge >= 0.3 is 0 Å². The Bertz CT molecular complexity index is 598. The van der Waals surface area contributed by atoms with Gasteiger partial charge in [0.25, 0.3) is 0 Å². The Balaban J connectivity index is 2.42. The predicted octanol–water partition coefficient (Wildman–Crippen LogP) is 4.83. The van der Waals surface area contributed by atoms with Crippen LogP contribution in [0.5, 0.6) is 0 Å². The van der Waals surface area contributed by atoms with Crippen LogP contribution in [0.25, 0.3) is 0 Å². The van der Waals surface area contributed by atoms with Crippen molar-refractivity contribution in [1.82, 2.24) is 0 Å². The van der Waals surface area contributed by atoms with Crippen molar-refractivity contribution in [2.45, 2.75) is 16.7 Å². The molecule has 0 fully saturated rings. The summed E-state index contributed by atoms with van der Waals surface area (Å²) in [5, 5.41) is 0.584. The Hall–Kier alpha value is -1.32. The maximum absolute atomic E-state index is 13.8. The topological polar surface area (TPSA) is 17.1 Å². The van der Waals surface area contributed by atoms with Crippen molar-refractivity contribution >= 4 is 29.1 Å². The second kappa shape index (κ2) is 5.55. The molecular weight excluding hydrogens is 271 g/mol. The summed E-state index contributed by atoms with van der Waals surface area (Å²) in [6.45, 7) is 1.43. The molecule has 0 heterocycles. The summed E-state index contributed by atoms with van der Waals surface area (Å²) in [5.41, 5.74) is 0.389. The monoisotopic (exact) mass is 280 g/mol. The van der Waals surface area contributed by atoms with Crippen LogP contribution in [0.4, 0.5) is 4.39 Å². The molecule has 0 aromatic heterocycles. The fourth-order valence-electron chi connectivity index (χ4n) is 1.54. The minimum atomic E-state index is -0.396. The summed E-state index contributed by atoms with van der Waals surface area (Å²) < 4.78 is 13.8. The molecule has 0 N–H and O–H groups in total. The molecule has 2 rings (SSSR count). The third-order valence-electron chi connectivity index (χ3n) is 2.36. The highest BCUT2D eigenvalue weighted by molar-refractivity contribution is 7.99. The van der Waals surface area contributed by atoms with Gasteiger partial charge in [-0.3, -0.25) is 4.79 Å². The van der Waals surface area contributed by atoms with Gasteiger partial charge in [0.15, 0.2) is 5.78 Å². The van der Waals surface area contributed by atoms with Crippen LogP contribution in [0.1, 0.15) is 17.3 Å². The molecule has 0 spiro atoms. The van der Waals surface area contributed by atoms with Crippen molar-refractivity contribution in [2.75, 3.05) is 0 Å². The molecule has 4 heteroatoms. The van der Waals surface area contributed by atoms with Crippen molar-refractivity contribution in [2.24, 2.45) is 0 Å². The van der Waals surface area contributed by atoms with E-state index < -0.39 is 5.82 Å². The summed E-state index contributed by atoms with van der Waals surface area (Å²) in [6, 6.07) is 11.6. The Morgan fingerprint density at radius 2 is 1.94 bits per heavy atom. The molecule has 0 unspecified atom stereocenters. The largest absolute Gasteiger partial charge is 0.294 e. The molecular formula is C14H10ClFOS. The zero-order valence-corrected chi connectivity index (χ0v) is 11.2. The molecule has 1 nitrogen and oxygen atoms in total. The van der Waals surface area contributed by atoms with Gasteiger partial charge < -0.3 is 0 Å². The van der Waals surface area contributed by atoms with Crippen LogP contribution in [0.2, 0.25) is 5.02 Å². The van der Waals surface area contributed by atoms with Gasteiger partial charge in [-0.2, -0.15) is 0 Å². The molecule has 2 aromatic rings. The number of Topliss-reactive ketones (excluding diaryl/α,β-unsaturated/α-hetero) is 1. The number of hydrogen-bond acceptors (Lipinski definition) is 2. The smallest absolute Gasteiger partial charge is 0.161 e. The van der Waals surface area contributed by atoms with Crippen LogP contribution >= 0.6 is 23.4 Å². The van der Waals surface area contributed by atoms with Gasteiger partial charge in [0.1, 0.15) is 5.82 Å². The summed E-state index contributed by atoms with van der Waals surface area (Å²) in [4.78, 5) is 12.6. The molecule has 2 aromatic carbocycles. The van der Waals surface area contributed by atoms with Crippen molar-refractivity contribution < 1.29 is 9.18 Å². The molecule has 0 radical (unpaired) electrons. The maximum atomic E-state index is 13.8. The average molecular weight is 281 g/mol. The Labute approximate surface area is 114 Å². The van der Waals surface area contributed by atoms with E-state index in [1.807, 2.05) is 6.07 Å². The lowest BCUT2D eigenvalue weighted by Gasteiger charge is -2.08. The van der Waals surface area contributed by atoms with Crippen molar-refractivity contribution in [3.8, 4) is 0 Å². The van der Waals surface area contributed by atoms with E-state index in [4.69, 9.17) is 11.6 Å². The number of benzene rings is 2. The fourth-order valence-corrected chi connectivity index (χ4v) is 2.85. The number of carbonyl (C=O) groups is 1. The number of carbonyl (C=O) groups excluding carboxylic acids is 1. The third kappa shape index (κ3) is 2.92. The first-order chi connectivity index (χ1) is 8.58. The third-order valence-corrected chi connectivity index (χ3v) is 3.71. The zero-order valence-electron chi connectivity index (χ0n) is 9.61. The lowest BCUT2D eigenvalue weighted by Crippen LogP contribution is -1.97. The van der Waals surface area contributed by atoms with Crippen LogP contribution in [-0.4, -0.2) is 5.78 Å². The Morgan fingerprint density at radius 1 is 1.22 bits per heavy atom. The second-order valence-electron chi connectivity index (χ2n) is 3.73. The van der Waals surface area contributed by atoms with E-state index >= 15 is 0 Å². The standard InChI is InChI=1S/C14H10ClFOS/c1-9(17)12-6-3-7-13(16)14(12)18-11-5-2-4-10(15)8-11/h2-8H,1H3. The lowest BCUT2D eigenvalue weighted by atomic mass is 10.1. The molecule has 0 atom stereocenters. The molecule has 0 amide bonds. The number of hydrogen-bond donors (Lipinski definition) is 0. The minimum absolute atomic E-state index is 0.154. The van der Waals surface area contributed by atoms with Crippen LogP contribution in [0.3, 0.4) is 0 Å². The van der Waals surface area contributed by atoms with Crippen molar-refractivity contribution in [3.63, 3.8) is 0 Å². The molecule has 0 aliphatic rings. The van der Waals surface area contributed by atoms with E-state index in [2.05, 4.69) is 0 Å². The fraction of sp³-hybridized carbons (Fsp3) is 0.0714. The predicted molar refractivity (Wildman–Crippen MR) is 72.0 cm³/mol. The van der Waals surface area contributed by atoms with Gasteiger partial charge in [-0.15, -0.1) is 0 Å². The Kier molecular flexibility index (Phi) is 4.04. The van der Waals surface area contributed by atoms with Gasteiger partial charge in [0.05, 0.1) is 4.90 Å². The summed E-state index contributed by atoms with van der Waals surface area (Å²) in [7, 11) is 0. The summed E-state index contributed by atoms with van der Waals surface area (Å²) >= 11 is 7.08. The first kappa shape index (κ1) is 13.1. The van der Waals surface area contributed by atoms with E-state index in [0.717, 1.165) is 4.90 Å². The normalized spacial score (nSPS) is 10.4. The molecule has 18 heavy (non-hydrogen) atoms. The number of rotatable bonds is 3. The molecule has 0 bridgehead atoms. The van der Waals surface area contributed by atoms with Gasteiger partial charge in [-0.05, 0) is 31.2 Å². The van der Waals surface area contributed by atoms with Gasteiger partial charge in [0, 0.05) is 15.5 Å². The van der Waals surface area contributed by atoms with Crippen LogP contribution < -0.4 is 0 Å². The minimum Gasteiger partial charge on any atom is -0.294 e. The molecule has 92 valence electrons. The average Bonchev–Trinajstić information content (AvgIpc) is 2.31. The number of halogens is 2. The van der Waals surface area contributed by atoms with E-state index in [1.165, 1.54) is 30.8 Å². The van der Waals surface area contributed by atoms with E-state index in [1.54, 1.807) is 24.3 Å². The van der Waals surface area contributed by atoms with Crippen molar-refractivity contribution in [3.05, 3.63) is 58.9 Å². The van der Waals surface area contributed by atoms with E-state index in [-0.39, 0.29) is 5.78 Å². The molecule has 0 saturated carbocycles. The highest BCUT2D eigenvalue weighted by Crippen LogP contribution is 2.33. The highest BCUT2D eigenvalue weighted by Gasteiger charge is 2.13. The summed E-state index contributed by atoms with van der Waals surface area (Å²) in [6.07, 6.45) is 0. The van der Waals surface area contributed by atoms with Crippen LogP contribution in [-0.2, 0) is 0 Å². The maximum Gasteiger partial charge on any atom is 0.161 e. The van der Waals surface area contributed by atoms with Gasteiger partial charge in [-0.25, -0.2) is 4.39 Å². The second-order valence-corrected chi connectivity index (χ2v) is 5.25. The first-order valence-electron chi connectivity index (χ1n) is 5.31. The Morgan fingerprint density at radius 3 is 2.61 bits per heavy atom. The van der Waals surface area contributed by atoms with Gasteiger partial charge in [-0.1, -0.05) is 41.6 Å². The number of ketones is 1. The van der Waals surface area contributed by atoms with E-state index in [0.29, 0.717) is 15.5 Å². The molecule has 0 saturated heterocycles. The lowest BCUT2D eigenvalue weighted by molar-refractivity contribution is 0.101. The van der Waals surface area contributed by atoms with Gasteiger partial charge in [0.2, 0.25) is 0 Å². The first-order valence-corrected chi connectivity index (χ1v) is 6.50. The quantitative estimate of drug-likeness (QED) is 0.749. The molecule has 0 aliphatic heterocycles. The zero-order chi connectivity index (χ0) is 13.1. The molecule has 0 aliphatic carbocycles. The van der Waals surface area contributed by atoms with Crippen molar-refractivity contribution in [1.29, 1.82) is 0 Å².